The lowest BCUT2D eigenvalue weighted by molar-refractivity contribution is -0.375. The van der Waals surface area contributed by atoms with Gasteiger partial charge in [-0.15, -0.1) is 0 Å². The molecule has 20 heavy (non-hydrogen) atoms. The first-order chi connectivity index (χ1) is 9.21. The Balaban J connectivity index is 2.18. The molecule has 1 aromatic carbocycles. The molecule has 0 saturated heterocycles. The van der Waals surface area contributed by atoms with E-state index >= 15 is 0 Å². The van der Waals surface area contributed by atoms with Crippen LogP contribution in [0.1, 0.15) is 5.56 Å². The van der Waals surface area contributed by atoms with Crippen LogP contribution in [-0.2, 0) is 9.53 Å². The van der Waals surface area contributed by atoms with E-state index in [1.54, 1.807) is 18.2 Å². The minimum absolute atomic E-state index is 0.390. The molecule has 8 heteroatoms. The Hall–Kier alpha value is -2.12. The van der Waals surface area contributed by atoms with Crippen LogP contribution in [-0.4, -0.2) is 24.9 Å². The van der Waals surface area contributed by atoms with Gasteiger partial charge in [0, 0.05) is 5.56 Å². The van der Waals surface area contributed by atoms with Crippen LogP contribution in [0.4, 0.5) is 22.0 Å². The molecule has 0 amide bonds. The number of benzene rings is 1. The van der Waals surface area contributed by atoms with Gasteiger partial charge in [0.05, 0.1) is 5.57 Å². The predicted octanol–water partition coefficient (Wildman–Crippen LogP) is 3.16. The highest BCUT2D eigenvalue weighted by molar-refractivity contribution is 5.95. The summed E-state index contributed by atoms with van der Waals surface area (Å²) in [5.41, 5.74) is -0.0337. The van der Waals surface area contributed by atoms with Crippen molar-refractivity contribution in [3.8, 4) is 5.75 Å². The molecular formula is C12H7F5O3. The first-order valence-electron chi connectivity index (χ1n) is 5.31. The number of hydrogen-bond acceptors (Lipinski definition) is 3. The van der Waals surface area contributed by atoms with Crippen molar-refractivity contribution in [2.45, 2.75) is 12.3 Å². The molecule has 0 aromatic heterocycles. The maximum atomic E-state index is 12.6. The zero-order valence-electron chi connectivity index (χ0n) is 9.71. The molecular weight excluding hydrogens is 287 g/mol. The van der Waals surface area contributed by atoms with Crippen molar-refractivity contribution in [3.05, 3.63) is 35.4 Å². The van der Waals surface area contributed by atoms with Crippen LogP contribution in [0.25, 0.3) is 6.08 Å². The summed E-state index contributed by atoms with van der Waals surface area (Å²) in [6.45, 7) is -0.441. The zero-order chi connectivity index (χ0) is 15.0. The molecule has 1 heterocycles. The lowest BCUT2D eigenvalue weighted by Crippen LogP contribution is -2.41. The second kappa shape index (κ2) is 4.77. The number of halogens is 5. The molecule has 0 aliphatic carbocycles. The van der Waals surface area contributed by atoms with Crippen molar-refractivity contribution in [1.29, 1.82) is 0 Å². The van der Waals surface area contributed by atoms with Crippen molar-refractivity contribution in [1.82, 2.24) is 0 Å². The van der Waals surface area contributed by atoms with E-state index in [9.17, 15) is 26.7 Å². The van der Waals surface area contributed by atoms with Crippen molar-refractivity contribution in [2.24, 2.45) is 0 Å². The second-order valence-electron chi connectivity index (χ2n) is 3.90. The van der Waals surface area contributed by atoms with E-state index in [4.69, 9.17) is 4.74 Å². The van der Waals surface area contributed by atoms with Crippen molar-refractivity contribution < 1.29 is 36.2 Å². The lowest BCUT2D eigenvalue weighted by atomic mass is 10.1. The van der Waals surface area contributed by atoms with Crippen LogP contribution in [0.2, 0.25) is 0 Å². The average molecular weight is 294 g/mol. The van der Waals surface area contributed by atoms with E-state index in [-0.39, 0.29) is 0 Å². The van der Waals surface area contributed by atoms with Crippen LogP contribution in [0.5, 0.6) is 5.75 Å². The SMILES string of the molecule is O=C(OC(F)(F)C(F)(F)F)C1=Cc2ccccc2OC1. The number of carbonyl (C=O) groups excluding carboxylic acids is 1. The van der Waals surface area contributed by atoms with Gasteiger partial charge in [0.25, 0.3) is 0 Å². The summed E-state index contributed by atoms with van der Waals surface area (Å²) in [7, 11) is 0. The van der Waals surface area contributed by atoms with Crippen LogP contribution >= 0.6 is 0 Å². The molecule has 0 N–H and O–H groups in total. The standard InChI is InChI=1S/C12H7F5O3/c13-11(14,15)12(16,17)20-10(18)8-5-7-3-1-2-4-9(7)19-6-8/h1-5H,6H2. The number of fused-ring (bicyclic) bond motifs is 1. The van der Waals surface area contributed by atoms with E-state index in [0.717, 1.165) is 6.08 Å². The molecule has 108 valence electrons. The van der Waals surface area contributed by atoms with Gasteiger partial charge in [-0.25, -0.2) is 4.79 Å². The summed E-state index contributed by atoms with van der Waals surface area (Å²) in [4.78, 5) is 11.3. The van der Waals surface area contributed by atoms with Gasteiger partial charge in [0.2, 0.25) is 0 Å². The van der Waals surface area contributed by atoms with Crippen molar-refractivity contribution in [3.63, 3.8) is 0 Å². The summed E-state index contributed by atoms with van der Waals surface area (Å²) in [5, 5.41) is 0. The summed E-state index contributed by atoms with van der Waals surface area (Å²) in [6.07, 6.45) is -10.4. The Morgan fingerprint density at radius 2 is 1.80 bits per heavy atom. The summed E-state index contributed by atoms with van der Waals surface area (Å²) < 4.78 is 69.2. The highest BCUT2D eigenvalue weighted by atomic mass is 19.4. The third-order valence-electron chi connectivity index (χ3n) is 2.45. The van der Waals surface area contributed by atoms with Crippen molar-refractivity contribution in [2.75, 3.05) is 6.61 Å². The molecule has 2 rings (SSSR count). The Labute approximate surface area is 109 Å². The summed E-state index contributed by atoms with van der Waals surface area (Å²) in [5.74, 6) is -1.38. The summed E-state index contributed by atoms with van der Waals surface area (Å²) >= 11 is 0. The van der Waals surface area contributed by atoms with Gasteiger partial charge in [0.1, 0.15) is 12.4 Å². The minimum atomic E-state index is -5.96. The molecule has 0 spiro atoms. The molecule has 0 radical (unpaired) electrons. The van der Waals surface area contributed by atoms with Gasteiger partial charge in [-0.05, 0) is 12.1 Å². The van der Waals surface area contributed by atoms with E-state index < -0.39 is 30.4 Å². The number of ether oxygens (including phenoxy) is 2. The predicted molar refractivity (Wildman–Crippen MR) is 57.0 cm³/mol. The monoisotopic (exact) mass is 294 g/mol. The molecule has 1 aromatic rings. The molecule has 1 aliphatic rings. The molecule has 0 fully saturated rings. The van der Waals surface area contributed by atoms with Crippen LogP contribution < -0.4 is 4.74 Å². The average Bonchev–Trinajstić information content (AvgIpc) is 2.36. The molecule has 1 aliphatic heterocycles. The first-order valence-corrected chi connectivity index (χ1v) is 5.31. The highest BCUT2D eigenvalue weighted by Crippen LogP contribution is 2.37. The Morgan fingerprint density at radius 3 is 2.45 bits per heavy atom. The minimum Gasteiger partial charge on any atom is -0.488 e. The van der Waals surface area contributed by atoms with E-state index in [2.05, 4.69) is 4.74 Å². The van der Waals surface area contributed by atoms with E-state index in [0.29, 0.717) is 11.3 Å². The fraction of sp³-hybridized carbons (Fsp3) is 0.250. The normalized spacial score (nSPS) is 14.9. The Kier molecular flexibility index (Phi) is 3.41. The number of para-hydroxylation sites is 1. The van der Waals surface area contributed by atoms with Gasteiger partial charge in [-0.3, -0.25) is 0 Å². The fourth-order valence-electron chi connectivity index (χ4n) is 1.47. The number of hydrogen-bond donors (Lipinski definition) is 0. The zero-order valence-corrected chi connectivity index (χ0v) is 9.71. The smallest absolute Gasteiger partial charge is 0.488 e. The molecule has 0 saturated carbocycles. The third kappa shape index (κ3) is 2.73. The second-order valence-corrected chi connectivity index (χ2v) is 3.90. The Bertz CT molecular complexity index is 562. The topological polar surface area (TPSA) is 35.5 Å². The third-order valence-corrected chi connectivity index (χ3v) is 2.45. The van der Waals surface area contributed by atoms with Gasteiger partial charge in [0.15, 0.2) is 0 Å². The molecule has 3 nitrogen and oxygen atoms in total. The van der Waals surface area contributed by atoms with Gasteiger partial charge < -0.3 is 9.47 Å². The van der Waals surface area contributed by atoms with E-state index in [1.807, 2.05) is 0 Å². The van der Waals surface area contributed by atoms with Crippen LogP contribution in [0, 0.1) is 0 Å². The number of alkyl halides is 5. The Morgan fingerprint density at radius 1 is 1.15 bits per heavy atom. The quantitative estimate of drug-likeness (QED) is 0.621. The number of rotatable bonds is 2. The highest BCUT2D eigenvalue weighted by Gasteiger charge is 2.62. The molecule has 0 atom stereocenters. The van der Waals surface area contributed by atoms with Crippen LogP contribution in [0.15, 0.2) is 29.8 Å². The molecule has 0 bridgehead atoms. The van der Waals surface area contributed by atoms with Gasteiger partial charge >= 0.3 is 18.3 Å². The van der Waals surface area contributed by atoms with E-state index in [1.165, 1.54) is 6.07 Å². The lowest BCUT2D eigenvalue weighted by Gasteiger charge is -2.21. The van der Waals surface area contributed by atoms with Gasteiger partial charge in [-0.1, -0.05) is 18.2 Å². The maximum Gasteiger partial charge on any atom is 0.501 e. The molecule has 0 unspecified atom stereocenters. The maximum absolute atomic E-state index is 12.6. The number of carbonyl (C=O) groups is 1. The summed E-state index contributed by atoms with van der Waals surface area (Å²) in [6, 6.07) is 6.33. The number of esters is 1. The van der Waals surface area contributed by atoms with Crippen LogP contribution in [0.3, 0.4) is 0 Å². The van der Waals surface area contributed by atoms with Gasteiger partial charge in [-0.2, -0.15) is 22.0 Å². The fourth-order valence-corrected chi connectivity index (χ4v) is 1.47. The first kappa shape index (κ1) is 14.3. The van der Waals surface area contributed by atoms with Crippen molar-refractivity contribution >= 4 is 12.0 Å². The largest absolute Gasteiger partial charge is 0.501 e.